The molecule has 0 fully saturated rings. The highest BCUT2D eigenvalue weighted by atomic mass is 79.9. The third-order valence-electron chi connectivity index (χ3n) is 3.14. The van der Waals surface area contributed by atoms with Crippen LogP contribution in [0, 0.1) is 0 Å². The zero-order valence-corrected chi connectivity index (χ0v) is 16.7. The quantitative estimate of drug-likeness (QED) is 0.201. The molecule has 0 radical (unpaired) electrons. The molecule has 7 heteroatoms. The topological polar surface area (TPSA) is 25.8 Å². The molecule has 116 valence electrons. The van der Waals surface area contributed by atoms with Crippen molar-refractivity contribution >= 4 is 82.6 Å². The van der Waals surface area contributed by atoms with Gasteiger partial charge in [-0.25, -0.2) is 9.97 Å². The second-order valence-electron chi connectivity index (χ2n) is 4.71. The molecule has 0 aliphatic carbocycles. The third-order valence-corrected chi connectivity index (χ3v) is 9.41. The first-order chi connectivity index (χ1) is 11.3. The van der Waals surface area contributed by atoms with Crippen LogP contribution in [-0.4, -0.2) is 19.9 Å². The largest absolute Gasteiger partial charge is 0.230 e. The van der Waals surface area contributed by atoms with E-state index in [4.69, 9.17) is 9.97 Å². The first kappa shape index (κ1) is 15.9. The van der Waals surface area contributed by atoms with E-state index >= 15 is 0 Å². The number of hydrogen-bond acceptors (Lipinski definition) is 6. The van der Waals surface area contributed by atoms with Crippen molar-refractivity contribution in [3.05, 3.63) is 48.5 Å². The van der Waals surface area contributed by atoms with Crippen molar-refractivity contribution in [2.45, 2.75) is 13.3 Å². The molecule has 2 aromatic carbocycles. The van der Waals surface area contributed by atoms with Gasteiger partial charge in [0.25, 0.3) is 0 Å². The number of benzene rings is 2. The van der Waals surface area contributed by atoms with Crippen molar-refractivity contribution in [1.29, 1.82) is 0 Å². The molecule has 0 aliphatic rings. The van der Waals surface area contributed by atoms with Gasteiger partial charge in [-0.2, -0.15) is 0 Å². The maximum Gasteiger partial charge on any atom is 0.152 e. The molecule has 4 rings (SSSR count). The summed E-state index contributed by atoms with van der Waals surface area (Å²) >= 11 is 10.8. The number of para-hydroxylation sites is 2. The molecule has 0 N–H and O–H groups in total. The fourth-order valence-electron chi connectivity index (χ4n) is 2.11. The van der Waals surface area contributed by atoms with E-state index in [9.17, 15) is 0 Å². The van der Waals surface area contributed by atoms with Crippen molar-refractivity contribution in [3.63, 3.8) is 0 Å². The van der Waals surface area contributed by atoms with E-state index in [0.29, 0.717) is 4.58 Å². The predicted octanol–water partition coefficient (Wildman–Crippen LogP) is 6.51. The second kappa shape index (κ2) is 7.11. The summed E-state index contributed by atoms with van der Waals surface area (Å²) in [5.41, 5.74) is 2.16. The van der Waals surface area contributed by atoms with Gasteiger partial charge in [0.1, 0.15) is 0 Å². The summed E-state index contributed by atoms with van der Waals surface area (Å²) in [6, 6.07) is 16.6. The molecule has 4 aromatic rings. The van der Waals surface area contributed by atoms with E-state index in [-0.39, 0.29) is 0 Å². The highest BCUT2D eigenvalue weighted by Crippen LogP contribution is 2.41. The van der Waals surface area contributed by atoms with Gasteiger partial charge in [-0.3, -0.25) is 0 Å². The highest BCUT2D eigenvalue weighted by molar-refractivity contribution is 9.09. The van der Waals surface area contributed by atoms with E-state index in [2.05, 4.69) is 52.3 Å². The Bertz CT molecular complexity index is 807. The Morgan fingerprint density at radius 3 is 1.74 bits per heavy atom. The lowest BCUT2D eigenvalue weighted by Gasteiger charge is -2.08. The van der Waals surface area contributed by atoms with Gasteiger partial charge in [0.05, 0.1) is 25.0 Å². The minimum Gasteiger partial charge on any atom is -0.230 e. The van der Waals surface area contributed by atoms with Gasteiger partial charge in [-0.15, -0.1) is 22.7 Å². The van der Waals surface area contributed by atoms with Crippen LogP contribution in [-0.2, 0) is 0 Å². The highest BCUT2D eigenvalue weighted by Gasteiger charge is 2.16. The van der Waals surface area contributed by atoms with Crippen LogP contribution in [0.15, 0.2) is 57.2 Å². The first-order valence-electron chi connectivity index (χ1n) is 6.92. The van der Waals surface area contributed by atoms with Gasteiger partial charge in [0, 0.05) is 5.33 Å². The van der Waals surface area contributed by atoms with Gasteiger partial charge in [0.2, 0.25) is 0 Å². The standard InChI is InChI=1S/C16H11BrN2S4/c17-9-14(22-15-18-10-5-1-3-7-12(10)20-15)23-16-19-11-6-2-4-8-13(11)21-16/h1-8,14H,9H2. The molecule has 0 unspecified atom stereocenters. The van der Waals surface area contributed by atoms with E-state index in [1.165, 1.54) is 9.40 Å². The normalized spacial score (nSPS) is 11.7. The average Bonchev–Trinajstić information content (AvgIpc) is 3.16. The van der Waals surface area contributed by atoms with Crippen molar-refractivity contribution in [3.8, 4) is 0 Å². The molecule has 0 bridgehead atoms. The average molecular weight is 439 g/mol. The van der Waals surface area contributed by atoms with Crippen LogP contribution >= 0.6 is 62.1 Å². The summed E-state index contributed by atoms with van der Waals surface area (Å²) < 4.78 is 5.08. The Balaban J connectivity index is 1.53. The fraction of sp³-hybridized carbons (Fsp3) is 0.125. The van der Waals surface area contributed by atoms with Crippen LogP contribution in [0.25, 0.3) is 20.4 Å². The molecule has 0 saturated heterocycles. The smallest absolute Gasteiger partial charge is 0.152 e. The van der Waals surface area contributed by atoms with E-state index in [1.54, 1.807) is 22.7 Å². The Labute approximate surface area is 158 Å². The second-order valence-corrected chi connectivity index (χ2v) is 10.6. The minimum absolute atomic E-state index is 0.358. The van der Waals surface area contributed by atoms with Crippen LogP contribution in [0.3, 0.4) is 0 Å². The molecule has 0 amide bonds. The van der Waals surface area contributed by atoms with Crippen LogP contribution in [0.1, 0.15) is 0 Å². The minimum atomic E-state index is 0.358. The molecule has 2 nitrogen and oxygen atoms in total. The fourth-order valence-corrected chi connectivity index (χ4v) is 7.91. The van der Waals surface area contributed by atoms with Crippen LogP contribution in [0.2, 0.25) is 0 Å². The maximum absolute atomic E-state index is 4.72. The van der Waals surface area contributed by atoms with Gasteiger partial charge < -0.3 is 0 Å². The SMILES string of the molecule is BrCC(Sc1nc2ccccc2s1)Sc1nc2ccccc2s1. The van der Waals surface area contributed by atoms with Crippen molar-refractivity contribution < 1.29 is 0 Å². The number of aromatic nitrogens is 2. The van der Waals surface area contributed by atoms with Gasteiger partial charge in [0.15, 0.2) is 8.68 Å². The number of rotatable bonds is 5. The number of fused-ring (bicyclic) bond motifs is 2. The van der Waals surface area contributed by atoms with Crippen molar-refractivity contribution in [2.75, 3.05) is 5.33 Å². The number of hydrogen-bond donors (Lipinski definition) is 0. The summed E-state index contributed by atoms with van der Waals surface area (Å²) in [7, 11) is 0. The van der Waals surface area contributed by atoms with Crippen LogP contribution in [0.4, 0.5) is 0 Å². The van der Waals surface area contributed by atoms with E-state index in [1.807, 2.05) is 35.7 Å². The number of alkyl halides is 1. The lowest BCUT2D eigenvalue weighted by Crippen LogP contribution is -1.97. The van der Waals surface area contributed by atoms with Gasteiger partial charge in [-0.1, -0.05) is 63.7 Å². The Hall–Kier alpha value is -0.600. The Kier molecular flexibility index (Phi) is 4.91. The number of thiazole rings is 2. The summed E-state index contributed by atoms with van der Waals surface area (Å²) in [5, 5.41) is 0.897. The first-order valence-corrected chi connectivity index (χ1v) is 11.4. The van der Waals surface area contributed by atoms with Crippen molar-refractivity contribution in [1.82, 2.24) is 9.97 Å². The molecule has 0 atom stereocenters. The summed E-state index contributed by atoms with van der Waals surface area (Å²) in [6.07, 6.45) is 0. The van der Waals surface area contributed by atoms with Crippen LogP contribution in [0.5, 0.6) is 0 Å². The van der Waals surface area contributed by atoms with Gasteiger partial charge in [-0.05, 0) is 24.3 Å². The number of thioether (sulfide) groups is 2. The van der Waals surface area contributed by atoms with Crippen molar-refractivity contribution in [2.24, 2.45) is 0 Å². The monoisotopic (exact) mass is 438 g/mol. The maximum atomic E-state index is 4.72. The molecule has 2 aromatic heterocycles. The molecule has 0 aliphatic heterocycles. The summed E-state index contributed by atoms with van der Waals surface area (Å²) in [6.45, 7) is 0. The zero-order valence-electron chi connectivity index (χ0n) is 11.8. The third kappa shape index (κ3) is 3.58. The number of nitrogens with zero attached hydrogens (tertiary/aromatic N) is 2. The lowest BCUT2D eigenvalue weighted by atomic mass is 10.3. The zero-order chi connectivity index (χ0) is 15.6. The summed E-state index contributed by atoms with van der Waals surface area (Å²) in [4.78, 5) is 9.43. The molecular formula is C16H11BrN2S4. The summed E-state index contributed by atoms with van der Waals surface area (Å²) in [5.74, 6) is 0. The predicted molar refractivity (Wildman–Crippen MR) is 109 cm³/mol. The molecule has 0 saturated carbocycles. The Morgan fingerprint density at radius 1 is 0.826 bits per heavy atom. The Morgan fingerprint density at radius 2 is 1.30 bits per heavy atom. The molecule has 2 heterocycles. The van der Waals surface area contributed by atoms with Gasteiger partial charge >= 0.3 is 0 Å². The van der Waals surface area contributed by atoms with Crippen LogP contribution < -0.4 is 0 Å². The van der Waals surface area contributed by atoms with E-state index in [0.717, 1.165) is 25.0 Å². The van der Waals surface area contributed by atoms with E-state index < -0.39 is 0 Å². The molecule has 0 spiro atoms. The lowest BCUT2D eigenvalue weighted by molar-refractivity contribution is 1.27. The molecular weight excluding hydrogens is 428 g/mol. The molecule has 23 heavy (non-hydrogen) atoms. The number of halogens is 1.